The Morgan fingerprint density at radius 1 is 0.646 bits per heavy atom. The Morgan fingerprint density at radius 3 is 1.56 bits per heavy atom. The van der Waals surface area contributed by atoms with Crippen molar-refractivity contribution in [2.45, 2.75) is 217 Å². The first-order valence-corrected chi connectivity index (χ1v) is 19.4. The summed E-state index contributed by atoms with van der Waals surface area (Å²) in [7, 11) is 0. The molecule has 1 aliphatic rings. The maximum atomic E-state index is 12.9. The molecule has 1 rings (SSSR count). The Kier molecular flexibility index (Phi) is 27.0. The first-order valence-electron chi connectivity index (χ1n) is 19.4. The third kappa shape index (κ3) is 19.5. The van der Waals surface area contributed by atoms with Crippen LogP contribution in [-0.2, 0) is 14.3 Å². The first-order chi connectivity index (χ1) is 23.2. The van der Waals surface area contributed by atoms with Crippen LogP contribution in [0.2, 0.25) is 0 Å². The largest absolute Gasteiger partial charge is 0.394 e. The molecule has 1 amide bonds. The molecule has 11 nitrogen and oxygen atoms in total. The summed E-state index contributed by atoms with van der Waals surface area (Å²) in [5.74, 6) is -0.703. The van der Waals surface area contributed by atoms with Crippen molar-refractivity contribution in [3.05, 3.63) is 0 Å². The van der Waals surface area contributed by atoms with Crippen LogP contribution in [0.15, 0.2) is 0 Å². The summed E-state index contributed by atoms with van der Waals surface area (Å²) < 4.78 is 10.9. The number of rotatable bonds is 31. The van der Waals surface area contributed by atoms with Crippen LogP contribution in [0.4, 0.5) is 0 Å². The van der Waals surface area contributed by atoms with Gasteiger partial charge >= 0.3 is 0 Å². The van der Waals surface area contributed by atoms with Crippen molar-refractivity contribution in [3.8, 4) is 0 Å². The normalized spacial score (nSPS) is 23.9. The number of amides is 1. The smallest absolute Gasteiger partial charge is 0.249 e. The van der Waals surface area contributed by atoms with Crippen molar-refractivity contribution in [2.75, 3.05) is 13.2 Å². The highest BCUT2D eigenvalue weighted by Gasteiger charge is 2.44. The monoisotopic (exact) mass is 692 g/mol. The minimum Gasteiger partial charge on any atom is -0.394 e. The number of aliphatic hydroxyl groups excluding tert-OH is 7. The van der Waals surface area contributed by atoms with Crippen LogP contribution in [0, 0.1) is 0 Å². The zero-order valence-corrected chi connectivity index (χ0v) is 30.2. The lowest BCUT2D eigenvalue weighted by molar-refractivity contribution is -0.303. The van der Waals surface area contributed by atoms with Gasteiger partial charge in [-0.3, -0.25) is 4.79 Å². The standard InChI is InChI=1S/C37H73NO10/c1-3-5-7-9-10-11-12-13-14-15-16-17-18-19-20-21-23-25-30(41)36(46)38-28(32(42)29(40)24-22-8-6-4-2)27-47-37-35(45)34(44)33(43)31(26-39)48-37/h28-35,37,39-45H,3-27H2,1-2H3,(H,38,46). The molecule has 0 bridgehead atoms. The fraction of sp³-hybridized carbons (Fsp3) is 0.973. The van der Waals surface area contributed by atoms with E-state index in [0.717, 1.165) is 38.5 Å². The summed E-state index contributed by atoms with van der Waals surface area (Å²) in [6.45, 7) is 3.27. The van der Waals surface area contributed by atoms with Gasteiger partial charge in [0, 0.05) is 0 Å². The molecular weight excluding hydrogens is 618 g/mol. The van der Waals surface area contributed by atoms with E-state index in [2.05, 4.69) is 19.2 Å². The molecule has 1 fully saturated rings. The molecule has 0 spiro atoms. The van der Waals surface area contributed by atoms with Crippen LogP contribution in [-0.4, -0.2) is 110 Å². The quantitative estimate of drug-likeness (QED) is 0.0485. The summed E-state index contributed by atoms with van der Waals surface area (Å²) in [6, 6.07) is -1.16. The van der Waals surface area contributed by atoms with Gasteiger partial charge in [-0.25, -0.2) is 0 Å². The highest BCUT2D eigenvalue weighted by Crippen LogP contribution is 2.23. The van der Waals surface area contributed by atoms with Gasteiger partial charge in [-0.05, 0) is 12.8 Å². The molecule has 286 valence electrons. The second kappa shape index (κ2) is 28.8. The highest BCUT2D eigenvalue weighted by molar-refractivity contribution is 5.80. The van der Waals surface area contributed by atoms with Crippen LogP contribution in [0.3, 0.4) is 0 Å². The molecule has 1 aliphatic heterocycles. The van der Waals surface area contributed by atoms with E-state index in [9.17, 15) is 40.5 Å². The number of unbranched alkanes of at least 4 members (excludes halogenated alkanes) is 19. The lowest BCUT2D eigenvalue weighted by Crippen LogP contribution is -2.60. The Morgan fingerprint density at radius 2 is 1.08 bits per heavy atom. The summed E-state index contributed by atoms with van der Waals surface area (Å²) in [4.78, 5) is 12.9. The van der Waals surface area contributed by atoms with Gasteiger partial charge in [0.1, 0.15) is 36.6 Å². The zero-order valence-electron chi connectivity index (χ0n) is 30.2. The molecule has 0 aromatic heterocycles. The molecule has 0 aromatic rings. The number of hydrogen-bond donors (Lipinski definition) is 8. The van der Waals surface area contributed by atoms with E-state index >= 15 is 0 Å². The van der Waals surface area contributed by atoms with Crippen molar-refractivity contribution in [1.82, 2.24) is 5.32 Å². The average molecular weight is 692 g/mol. The number of aliphatic hydroxyl groups is 7. The molecule has 1 saturated heterocycles. The van der Waals surface area contributed by atoms with Crippen LogP contribution < -0.4 is 5.32 Å². The molecule has 0 aromatic carbocycles. The van der Waals surface area contributed by atoms with Crippen molar-refractivity contribution in [2.24, 2.45) is 0 Å². The van der Waals surface area contributed by atoms with E-state index in [1.165, 1.54) is 83.5 Å². The van der Waals surface area contributed by atoms with E-state index in [0.29, 0.717) is 19.3 Å². The molecule has 9 unspecified atom stereocenters. The van der Waals surface area contributed by atoms with E-state index < -0.39 is 74.2 Å². The van der Waals surface area contributed by atoms with Crippen LogP contribution >= 0.6 is 0 Å². The number of carbonyl (C=O) groups excluding carboxylic acids is 1. The Labute approximate surface area is 290 Å². The number of carbonyl (C=O) groups is 1. The zero-order chi connectivity index (χ0) is 35.6. The van der Waals surface area contributed by atoms with Gasteiger partial charge < -0.3 is 50.5 Å². The molecular formula is C37H73NO10. The van der Waals surface area contributed by atoms with Gasteiger partial charge in [0.05, 0.1) is 25.4 Å². The molecule has 0 radical (unpaired) electrons. The molecule has 48 heavy (non-hydrogen) atoms. The maximum Gasteiger partial charge on any atom is 0.249 e. The van der Waals surface area contributed by atoms with Gasteiger partial charge in [0.25, 0.3) is 0 Å². The second-order valence-electron chi connectivity index (χ2n) is 14.0. The molecule has 0 saturated carbocycles. The maximum absolute atomic E-state index is 12.9. The Balaban J connectivity index is 2.39. The third-order valence-corrected chi connectivity index (χ3v) is 9.66. The second-order valence-corrected chi connectivity index (χ2v) is 14.0. The van der Waals surface area contributed by atoms with Crippen molar-refractivity contribution < 1.29 is 50.0 Å². The minimum absolute atomic E-state index is 0.264. The summed E-state index contributed by atoms with van der Waals surface area (Å²) in [5, 5.41) is 74.6. The number of nitrogens with one attached hydrogen (secondary N) is 1. The summed E-state index contributed by atoms with van der Waals surface area (Å²) >= 11 is 0. The fourth-order valence-corrected chi connectivity index (χ4v) is 6.32. The highest BCUT2D eigenvalue weighted by atomic mass is 16.7. The average Bonchev–Trinajstić information content (AvgIpc) is 3.08. The molecule has 0 aliphatic carbocycles. The molecule has 9 atom stereocenters. The fourth-order valence-electron chi connectivity index (χ4n) is 6.32. The van der Waals surface area contributed by atoms with Gasteiger partial charge in [0.2, 0.25) is 5.91 Å². The predicted octanol–water partition coefficient (Wildman–Crippen LogP) is 4.38. The number of ether oxygens (including phenoxy) is 2. The van der Waals surface area contributed by atoms with E-state index in [1.807, 2.05) is 0 Å². The van der Waals surface area contributed by atoms with E-state index in [4.69, 9.17) is 9.47 Å². The van der Waals surface area contributed by atoms with Crippen molar-refractivity contribution in [1.29, 1.82) is 0 Å². The minimum atomic E-state index is -1.65. The van der Waals surface area contributed by atoms with Crippen molar-refractivity contribution >= 4 is 5.91 Å². The van der Waals surface area contributed by atoms with Crippen LogP contribution in [0.1, 0.15) is 162 Å². The number of hydrogen-bond acceptors (Lipinski definition) is 10. The van der Waals surface area contributed by atoms with Crippen LogP contribution in [0.5, 0.6) is 0 Å². The Hall–Kier alpha value is -0.890. The third-order valence-electron chi connectivity index (χ3n) is 9.66. The summed E-state index contributed by atoms with van der Waals surface area (Å²) in [6.07, 6.45) is 13.9. The van der Waals surface area contributed by atoms with Gasteiger partial charge in [-0.2, -0.15) is 0 Å². The van der Waals surface area contributed by atoms with E-state index in [1.54, 1.807) is 0 Å². The first kappa shape index (κ1) is 45.1. The van der Waals surface area contributed by atoms with E-state index in [-0.39, 0.29) is 6.42 Å². The lowest BCUT2D eigenvalue weighted by Gasteiger charge is -2.40. The van der Waals surface area contributed by atoms with Crippen LogP contribution in [0.25, 0.3) is 0 Å². The molecule has 1 heterocycles. The summed E-state index contributed by atoms with van der Waals surface area (Å²) in [5.41, 5.74) is 0. The van der Waals surface area contributed by atoms with Gasteiger partial charge in [0.15, 0.2) is 6.29 Å². The predicted molar refractivity (Wildman–Crippen MR) is 187 cm³/mol. The molecule has 11 heteroatoms. The topological polar surface area (TPSA) is 189 Å². The van der Waals surface area contributed by atoms with Gasteiger partial charge in [-0.15, -0.1) is 0 Å². The SMILES string of the molecule is CCCCCCCCCCCCCCCCCCCC(O)C(=O)NC(COC1OC(CO)C(O)C(O)C1O)C(O)C(O)CCCCCC. The van der Waals surface area contributed by atoms with Gasteiger partial charge in [-0.1, -0.05) is 149 Å². The van der Waals surface area contributed by atoms with Crippen molar-refractivity contribution in [3.63, 3.8) is 0 Å². The lowest BCUT2D eigenvalue weighted by atomic mass is 9.98. The Bertz CT molecular complexity index is 760. The molecule has 8 N–H and O–H groups in total.